The van der Waals surface area contributed by atoms with Crippen molar-refractivity contribution in [1.82, 2.24) is 4.98 Å². The molecule has 1 heterocycles. The van der Waals surface area contributed by atoms with Gasteiger partial charge in [-0.25, -0.2) is 0 Å². The van der Waals surface area contributed by atoms with E-state index >= 15 is 0 Å². The van der Waals surface area contributed by atoms with Gasteiger partial charge in [-0.3, -0.25) is 0 Å². The molecule has 0 spiro atoms. The fourth-order valence-corrected chi connectivity index (χ4v) is 0.797. The fourth-order valence-electron chi connectivity index (χ4n) is 0.558. The summed E-state index contributed by atoms with van der Waals surface area (Å²) < 4.78 is 15.8. The predicted molar refractivity (Wildman–Crippen MR) is 56.0 cm³/mol. The first-order chi connectivity index (χ1) is 7.20. The third kappa shape index (κ3) is 23.1. The van der Waals surface area contributed by atoms with Crippen molar-refractivity contribution in [2.45, 2.75) is 13.8 Å². The molecule has 0 unspecified atom stereocenters. The van der Waals surface area contributed by atoms with E-state index in [2.05, 4.69) is 18.3 Å². The van der Waals surface area contributed by atoms with Crippen LogP contribution < -0.4 is 0 Å². The Balaban J connectivity index is -0.0000000778. The van der Waals surface area contributed by atoms with Gasteiger partial charge in [-0.15, -0.1) is 0 Å². The van der Waals surface area contributed by atoms with Gasteiger partial charge >= 0.3 is 39.7 Å². The van der Waals surface area contributed by atoms with Gasteiger partial charge in [-0.1, -0.05) is 18.3 Å². The number of aromatic nitrogens is 1. The van der Waals surface area contributed by atoms with Gasteiger partial charge in [0, 0.05) is 5.69 Å². The van der Waals surface area contributed by atoms with Gasteiger partial charge in [-0.05, 0) is 26.0 Å². The van der Waals surface area contributed by atoms with Gasteiger partial charge in [0.05, 0.1) is 0 Å². The van der Waals surface area contributed by atoms with Crippen molar-refractivity contribution >= 4 is 18.5 Å². The second-order valence-electron chi connectivity index (χ2n) is 1.93. The minimum absolute atomic E-state index is 0. The van der Waals surface area contributed by atoms with E-state index in [1.54, 1.807) is 0 Å². The van der Waals surface area contributed by atoms with Crippen LogP contribution in [0.2, 0.25) is 0 Å². The van der Waals surface area contributed by atoms with E-state index in [4.69, 9.17) is 26.3 Å². The average Bonchev–Trinajstić information content (AvgIpc) is 2.24. The summed E-state index contributed by atoms with van der Waals surface area (Å²) in [4.78, 5) is 11.8. The summed E-state index contributed by atoms with van der Waals surface area (Å²) in [6.45, 7) is 12.4. The molecule has 4 nitrogen and oxygen atoms in total. The van der Waals surface area contributed by atoms with Crippen LogP contribution in [0.25, 0.3) is 0 Å². The minimum Gasteiger partial charge on any atom is 2.00 e. The molecule has 0 fully saturated rings. The zero-order valence-corrected chi connectivity index (χ0v) is 10.7. The molecule has 0 saturated heterocycles. The zero-order valence-electron chi connectivity index (χ0n) is 8.80. The first kappa shape index (κ1) is 24.3. The van der Waals surface area contributed by atoms with Crippen LogP contribution in [0.3, 0.4) is 0 Å². The number of aromatic amines is 1. The summed E-state index contributed by atoms with van der Waals surface area (Å²) >= 11 is 4.84. The van der Waals surface area contributed by atoms with Gasteiger partial charge in [0.1, 0.15) is 10.9 Å². The van der Waals surface area contributed by atoms with Gasteiger partial charge in [-0.2, -0.15) is 0 Å². The molecule has 0 amide bonds. The Morgan fingerprint density at radius 1 is 1.31 bits per heavy atom. The fraction of sp³-hybridized carbons (Fsp3) is 0.200. The van der Waals surface area contributed by atoms with Crippen molar-refractivity contribution in [3.05, 3.63) is 41.8 Å². The van der Waals surface area contributed by atoms with E-state index in [1.165, 1.54) is 6.92 Å². The maximum Gasteiger partial charge on any atom is 2.00 e. The van der Waals surface area contributed by atoms with E-state index < -0.39 is 0 Å². The Bertz CT molecular complexity index is 340. The predicted octanol–water partition coefficient (Wildman–Crippen LogP) is 2.18. The summed E-state index contributed by atoms with van der Waals surface area (Å²) in [7, 11) is 0. The summed E-state index contributed by atoms with van der Waals surface area (Å²) in [5, 5.41) is 0. The maximum absolute atomic E-state index is 8.81. The third-order valence-electron chi connectivity index (χ3n) is 0.914. The standard InChI is InChI=1S/C6H7NS.C2H4O.2CO.Fe/c1-5-3-2-4-6(8)7-5;1-2-3;2*1-2;/h2-4H,1H3,(H,7,8);2H,1H3;;;/q;;;;+2. The number of aldehydes is 1. The molecule has 0 aliphatic heterocycles. The molecular formula is C10H11FeNO3S+2. The van der Waals surface area contributed by atoms with Crippen LogP contribution in [0.1, 0.15) is 12.6 Å². The molecule has 0 radical (unpaired) electrons. The monoisotopic (exact) mass is 281 g/mol. The minimum atomic E-state index is 0. The Morgan fingerprint density at radius 2 is 1.69 bits per heavy atom. The van der Waals surface area contributed by atoms with Crippen molar-refractivity contribution in [2.75, 3.05) is 0 Å². The molecule has 1 aromatic rings. The smallest absolute Gasteiger partial charge is 2.00 e. The summed E-state index contributed by atoms with van der Waals surface area (Å²) in [6, 6.07) is 5.78. The van der Waals surface area contributed by atoms with Crippen molar-refractivity contribution in [3.63, 3.8) is 0 Å². The summed E-state index contributed by atoms with van der Waals surface area (Å²) in [5.74, 6) is 0. The molecule has 16 heavy (non-hydrogen) atoms. The molecule has 0 aromatic carbocycles. The number of H-pyrrole nitrogens is 1. The average molecular weight is 281 g/mol. The molecule has 86 valence electrons. The number of carbonyl (C=O) groups is 1. The molecule has 0 atom stereocenters. The van der Waals surface area contributed by atoms with Crippen LogP contribution in [-0.2, 0) is 31.2 Å². The maximum atomic E-state index is 8.81. The molecule has 0 saturated carbocycles. The molecule has 1 N–H and O–H groups in total. The normalized spacial score (nSPS) is 5.62. The largest absolute Gasteiger partial charge is 2.00 e. The van der Waals surface area contributed by atoms with Crippen LogP contribution in [0, 0.1) is 24.9 Å². The van der Waals surface area contributed by atoms with Crippen molar-refractivity contribution < 1.29 is 31.2 Å². The third-order valence-corrected chi connectivity index (χ3v) is 1.15. The molecule has 0 aliphatic rings. The summed E-state index contributed by atoms with van der Waals surface area (Å²) in [5.41, 5.74) is 1.11. The number of rotatable bonds is 0. The number of carbonyl (C=O) groups excluding carboxylic acids is 1. The molecule has 0 bridgehead atoms. The Morgan fingerprint density at radius 3 is 1.88 bits per heavy atom. The second-order valence-corrected chi connectivity index (χ2v) is 2.37. The molecule has 1 rings (SSSR count). The number of pyridine rings is 1. The van der Waals surface area contributed by atoms with Gasteiger partial charge in [0.15, 0.2) is 0 Å². The van der Waals surface area contributed by atoms with Crippen LogP contribution in [0.5, 0.6) is 0 Å². The molecule has 0 aliphatic carbocycles. The van der Waals surface area contributed by atoms with E-state index in [1.807, 2.05) is 25.1 Å². The van der Waals surface area contributed by atoms with E-state index in [-0.39, 0.29) is 17.1 Å². The van der Waals surface area contributed by atoms with Crippen LogP contribution in [-0.4, -0.2) is 11.3 Å². The Labute approximate surface area is 110 Å². The summed E-state index contributed by atoms with van der Waals surface area (Å²) in [6.07, 6.45) is 0.750. The SMILES string of the molecule is CC=O.Cc1cccc(=S)[nH]1.[C-]#[O+].[C-]#[O+].[Fe+2]. The quantitative estimate of drug-likeness (QED) is 0.260. The van der Waals surface area contributed by atoms with Gasteiger partial charge in [0.25, 0.3) is 0 Å². The van der Waals surface area contributed by atoms with Crippen LogP contribution in [0.15, 0.2) is 18.2 Å². The van der Waals surface area contributed by atoms with Crippen LogP contribution >= 0.6 is 12.2 Å². The van der Waals surface area contributed by atoms with Gasteiger partial charge < -0.3 is 9.78 Å². The van der Waals surface area contributed by atoms with E-state index in [0.717, 1.165) is 16.6 Å². The number of hydrogen-bond acceptors (Lipinski definition) is 2. The number of aryl methyl sites for hydroxylation is 1. The van der Waals surface area contributed by atoms with Crippen molar-refractivity contribution in [2.24, 2.45) is 0 Å². The Kier molecular flexibility index (Phi) is 36.0. The van der Waals surface area contributed by atoms with Crippen molar-refractivity contribution in [1.29, 1.82) is 0 Å². The van der Waals surface area contributed by atoms with Gasteiger partial charge in [0.2, 0.25) is 0 Å². The number of nitrogens with one attached hydrogen (secondary N) is 1. The first-order valence-electron chi connectivity index (χ1n) is 3.67. The van der Waals surface area contributed by atoms with E-state index in [0.29, 0.717) is 0 Å². The number of hydrogen-bond donors (Lipinski definition) is 1. The van der Waals surface area contributed by atoms with E-state index in [9.17, 15) is 0 Å². The molecular weight excluding hydrogens is 270 g/mol. The first-order valence-corrected chi connectivity index (χ1v) is 4.08. The van der Waals surface area contributed by atoms with Crippen LogP contribution in [0.4, 0.5) is 0 Å². The topological polar surface area (TPSA) is 72.7 Å². The molecule has 1 aromatic heterocycles. The Hall–Kier alpha value is -0.961. The zero-order chi connectivity index (χ0) is 12.7. The second kappa shape index (κ2) is 23.7. The van der Waals surface area contributed by atoms with Crippen molar-refractivity contribution in [3.8, 4) is 0 Å². The molecule has 6 heteroatoms.